The maximum atomic E-state index is 13.1. The summed E-state index contributed by atoms with van der Waals surface area (Å²) in [5.74, 6) is -0.812. The Bertz CT molecular complexity index is 843. The molecular formula is C19H17ClFN3O. The molecule has 2 aromatic rings. The first-order chi connectivity index (χ1) is 12.0. The number of rotatable bonds is 6. The van der Waals surface area contributed by atoms with Gasteiger partial charge in [0.1, 0.15) is 17.5 Å². The molecule has 2 rings (SSSR count). The highest BCUT2D eigenvalue weighted by Gasteiger charge is 2.10. The van der Waals surface area contributed by atoms with E-state index in [1.54, 1.807) is 24.3 Å². The summed E-state index contributed by atoms with van der Waals surface area (Å²) >= 11 is 5.92. The van der Waals surface area contributed by atoms with E-state index >= 15 is 0 Å². The molecule has 4 nitrogen and oxygen atoms in total. The Morgan fingerprint density at radius 1 is 1.32 bits per heavy atom. The van der Waals surface area contributed by atoms with E-state index in [0.717, 1.165) is 11.1 Å². The van der Waals surface area contributed by atoms with Gasteiger partial charge in [-0.25, -0.2) is 4.39 Å². The summed E-state index contributed by atoms with van der Waals surface area (Å²) < 4.78 is 13.1. The van der Waals surface area contributed by atoms with Crippen molar-refractivity contribution >= 4 is 23.2 Å². The number of nitrogens with zero attached hydrogens (tertiary/aromatic N) is 1. The quantitative estimate of drug-likeness (QED) is 0.467. The Labute approximate surface area is 150 Å². The molecule has 0 unspecified atom stereocenters. The number of nitrogens with one attached hydrogen (secondary N) is 2. The summed E-state index contributed by atoms with van der Waals surface area (Å²) in [5, 5.41) is 15.2. The molecule has 2 N–H and O–H groups in total. The molecule has 2 aromatic carbocycles. The van der Waals surface area contributed by atoms with Gasteiger partial charge in [-0.2, -0.15) is 5.26 Å². The fourth-order valence-corrected chi connectivity index (χ4v) is 2.32. The van der Waals surface area contributed by atoms with E-state index in [1.165, 1.54) is 18.3 Å². The number of hydrogen-bond acceptors (Lipinski definition) is 3. The standard InChI is InChI=1S/C19H17ClFN3O/c1-13-5-6-16(20)10-18(13)24-19(25)15(11-22)12-23-8-7-14-3-2-4-17(21)9-14/h2-6,9-10,12,23H,7-8H2,1H3,(H,24,25)/b15-12-. The lowest BCUT2D eigenvalue weighted by molar-refractivity contribution is -0.112. The Kier molecular flexibility index (Phi) is 6.55. The number of amides is 1. The van der Waals surface area contributed by atoms with Crippen LogP contribution in [0.1, 0.15) is 11.1 Å². The molecule has 0 saturated carbocycles. The van der Waals surface area contributed by atoms with Gasteiger partial charge in [-0.15, -0.1) is 0 Å². The van der Waals surface area contributed by atoms with Crippen molar-refractivity contribution < 1.29 is 9.18 Å². The molecule has 0 fully saturated rings. The van der Waals surface area contributed by atoms with Gasteiger partial charge in [-0.3, -0.25) is 4.79 Å². The van der Waals surface area contributed by atoms with Crippen molar-refractivity contribution in [3.63, 3.8) is 0 Å². The summed E-state index contributed by atoms with van der Waals surface area (Å²) in [7, 11) is 0. The number of carbonyl (C=O) groups excluding carboxylic acids is 1. The van der Waals surface area contributed by atoms with Gasteiger partial charge < -0.3 is 10.6 Å². The van der Waals surface area contributed by atoms with Crippen LogP contribution in [0.25, 0.3) is 0 Å². The van der Waals surface area contributed by atoms with Crippen LogP contribution in [0.2, 0.25) is 5.02 Å². The molecular weight excluding hydrogens is 341 g/mol. The van der Waals surface area contributed by atoms with Crippen LogP contribution < -0.4 is 10.6 Å². The molecule has 0 aliphatic carbocycles. The summed E-state index contributed by atoms with van der Waals surface area (Å²) in [5.41, 5.74) is 2.17. The molecule has 0 bridgehead atoms. The Morgan fingerprint density at radius 3 is 2.84 bits per heavy atom. The molecule has 0 aliphatic heterocycles. The van der Waals surface area contributed by atoms with Crippen LogP contribution >= 0.6 is 11.6 Å². The third kappa shape index (κ3) is 5.63. The molecule has 6 heteroatoms. The Hall–Kier alpha value is -2.84. The minimum Gasteiger partial charge on any atom is -0.389 e. The maximum Gasteiger partial charge on any atom is 0.267 e. The van der Waals surface area contributed by atoms with Crippen LogP contribution in [0, 0.1) is 24.1 Å². The van der Waals surface area contributed by atoms with Crippen LogP contribution in [0.4, 0.5) is 10.1 Å². The maximum absolute atomic E-state index is 13.1. The number of nitriles is 1. The average Bonchev–Trinajstić information content (AvgIpc) is 2.58. The number of aryl methyl sites for hydroxylation is 1. The molecule has 0 spiro atoms. The molecule has 0 aliphatic rings. The lowest BCUT2D eigenvalue weighted by atomic mass is 10.1. The average molecular weight is 358 g/mol. The topological polar surface area (TPSA) is 64.9 Å². The highest BCUT2D eigenvalue weighted by molar-refractivity contribution is 6.31. The zero-order chi connectivity index (χ0) is 18.2. The normalized spacial score (nSPS) is 10.9. The molecule has 128 valence electrons. The lowest BCUT2D eigenvalue weighted by Crippen LogP contribution is -2.18. The van der Waals surface area contributed by atoms with Crippen LogP contribution in [0.3, 0.4) is 0 Å². The lowest BCUT2D eigenvalue weighted by Gasteiger charge is -2.08. The molecule has 1 amide bonds. The zero-order valence-corrected chi connectivity index (χ0v) is 14.4. The molecule has 25 heavy (non-hydrogen) atoms. The number of anilines is 1. The van der Waals surface area contributed by atoms with Crippen molar-refractivity contribution in [3.05, 3.63) is 76.2 Å². The fourth-order valence-electron chi connectivity index (χ4n) is 2.15. The van der Waals surface area contributed by atoms with Gasteiger partial charge in [-0.05, 0) is 48.7 Å². The first-order valence-electron chi connectivity index (χ1n) is 7.65. The summed E-state index contributed by atoms with van der Waals surface area (Å²) in [6.07, 6.45) is 1.93. The number of carbonyl (C=O) groups is 1. The van der Waals surface area contributed by atoms with Crippen molar-refractivity contribution in [1.29, 1.82) is 5.26 Å². The van der Waals surface area contributed by atoms with E-state index in [4.69, 9.17) is 16.9 Å². The van der Waals surface area contributed by atoms with Gasteiger partial charge in [0.2, 0.25) is 0 Å². The van der Waals surface area contributed by atoms with Crippen LogP contribution in [0.5, 0.6) is 0 Å². The highest BCUT2D eigenvalue weighted by Crippen LogP contribution is 2.20. The van der Waals surface area contributed by atoms with Crippen molar-refractivity contribution in [1.82, 2.24) is 5.32 Å². The van der Waals surface area contributed by atoms with E-state index in [2.05, 4.69) is 10.6 Å². The van der Waals surface area contributed by atoms with Crippen molar-refractivity contribution in [2.75, 3.05) is 11.9 Å². The number of hydrogen-bond donors (Lipinski definition) is 2. The van der Waals surface area contributed by atoms with E-state index < -0.39 is 5.91 Å². The molecule has 0 radical (unpaired) electrons. The summed E-state index contributed by atoms with van der Waals surface area (Å²) in [6.45, 7) is 2.30. The Balaban J connectivity index is 1.94. The van der Waals surface area contributed by atoms with Gasteiger partial charge in [0, 0.05) is 23.5 Å². The minimum absolute atomic E-state index is 0.0568. The van der Waals surface area contributed by atoms with Gasteiger partial charge >= 0.3 is 0 Å². The predicted molar refractivity (Wildman–Crippen MR) is 96.6 cm³/mol. The number of halogens is 2. The van der Waals surface area contributed by atoms with Crippen molar-refractivity contribution in [3.8, 4) is 6.07 Å². The van der Waals surface area contributed by atoms with Gasteiger partial charge in [0.05, 0.1) is 0 Å². The van der Waals surface area contributed by atoms with Crippen LogP contribution in [-0.4, -0.2) is 12.5 Å². The molecule has 0 saturated heterocycles. The molecule has 0 aromatic heterocycles. The van der Waals surface area contributed by atoms with Gasteiger partial charge in [-0.1, -0.05) is 29.8 Å². The van der Waals surface area contributed by atoms with E-state index in [9.17, 15) is 9.18 Å². The summed E-state index contributed by atoms with van der Waals surface area (Å²) in [4.78, 5) is 12.2. The van der Waals surface area contributed by atoms with E-state index in [-0.39, 0.29) is 11.4 Å². The third-order valence-corrected chi connectivity index (χ3v) is 3.74. The molecule has 0 atom stereocenters. The Morgan fingerprint density at radius 2 is 2.12 bits per heavy atom. The summed E-state index contributed by atoms with van der Waals surface area (Å²) in [6, 6.07) is 13.3. The largest absolute Gasteiger partial charge is 0.389 e. The van der Waals surface area contributed by atoms with Crippen LogP contribution in [-0.2, 0) is 11.2 Å². The monoisotopic (exact) mass is 357 g/mol. The second kappa shape index (κ2) is 8.86. The highest BCUT2D eigenvalue weighted by atomic mass is 35.5. The zero-order valence-electron chi connectivity index (χ0n) is 13.6. The number of benzene rings is 2. The van der Waals surface area contributed by atoms with Crippen molar-refractivity contribution in [2.45, 2.75) is 13.3 Å². The molecule has 0 heterocycles. The minimum atomic E-state index is -0.522. The van der Waals surface area contributed by atoms with Crippen LogP contribution in [0.15, 0.2) is 54.2 Å². The fraction of sp³-hybridized carbons (Fsp3) is 0.158. The SMILES string of the molecule is Cc1ccc(Cl)cc1NC(=O)/C(C#N)=C\NCCc1cccc(F)c1. The third-order valence-electron chi connectivity index (χ3n) is 3.51. The van der Waals surface area contributed by atoms with Crippen molar-refractivity contribution in [2.24, 2.45) is 0 Å². The van der Waals surface area contributed by atoms with Gasteiger partial charge in [0.15, 0.2) is 0 Å². The predicted octanol–water partition coefficient (Wildman–Crippen LogP) is 3.97. The van der Waals surface area contributed by atoms with E-state index in [0.29, 0.717) is 23.7 Å². The van der Waals surface area contributed by atoms with E-state index in [1.807, 2.05) is 19.1 Å². The second-order valence-electron chi connectivity index (χ2n) is 5.42. The van der Waals surface area contributed by atoms with Gasteiger partial charge in [0.25, 0.3) is 5.91 Å². The second-order valence-corrected chi connectivity index (χ2v) is 5.85. The first-order valence-corrected chi connectivity index (χ1v) is 8.03. The smallest absolute Gasteiger partial charge is 0.267 e. The first kappa shape index (κ1) is 18.5.